The Morgan fingerprint density at radius 2 is 1.88 bits per heavy atom. The summed E-state index contributed by atoms with van der Waals surface area (Å²) in [7, 11) is 0. The zero-order chi connectivity index (χ0) is 18.6. The van der Waals surface area contributed by atoms with Gasteiger partial charge in [-0.05, 0) is 49.8 Å². The van der Waals surface area contributed by atoms with E-state index in [2.05, 4.69) is 17.4 Å². The van der Waals surface area contributed by atoms with Gasteiger partial charge in [-0.1, -0.05) is 31.4 Å². The molecule has 1 aliphatic carbocycles. The van der Waals surface area contributed by atoms with Crippen molar-refractivity contribution < 1.29 is 19.1 Å². The van der Waals surface area contributed by atoms with E-state index >= 15 is 0 Å². The van der Waals surface area contributed by atoms with Crippen LogP contribution in [0.4, 0.5) is 5.69 Å². The third kappa shape index (κ3) is 7.72. The Morgan fingerprint density at radius 3 is 2.58 bits per heavy atom. The molecule has 0 radical (unpaired) electrons. The van der Waals surface area contributed by atoms with Crippen LogP contribution >= 0.6 is 0 Å². The second-order valence-corrected chi connectivity index (χ2v) is 6.63. The summed E-state index contributed by atoms with van der Waals surface area (Å²) in [5, 5.41) is 3.51. The van der Waals surface area contributed by atoms with Crippen LogP contribution in [0.5, 0.6) is 0 Å². The number of carbonyl (C=O) groups excluding carboxylic acids is 2. The third-order valence-electron chi connectivity index (χ3n) is 4.58. The summed E-state index contributed by atoms with van der Waals surface area (Å²) in [5.41, 5.74) is 2.21. The molecule has 0 bridgehead atoms. The summed E-state index contributed by atoms with van der Waals surface area (Å²) in [6, 6.07) is 8.18. The highest BCUT2D eigenvalue weighted by Crippen LogP contribution is 2.24. The number of esters is 2. The number of benzene rings is 1. The average molecular weight is 359 g/mol. The molecule has 5 nitrogen and oxygen atoms in total. The zero-order valence-corrected chi connectivity index (χ0v) is 15.5. The van der Waals surface area contributed by atoms with Crippen molar-refractivity contribution in [3.8, 4) is 0 Å². The number of hydrogen-bond donors (Lipinski definition) is 1. The molecule has 1 aromatic carbocycles. The van der Waals surface area contributed by atoms with E-state index < -0.39 is 5.97 Å². The number of ether oxygens (including phenoxy) is 2. The fraction of sp³-hybridized carbons (Fsp3) is 0.524. The Hall–Kier alpha value is -2.30. The maximum absolute atomic E-state index is 11.7. The van der Waals surface area contributed by atoms with Crippen molar-refractivity contribution in [2.75, 3.05) is 18.5 Å². The van der Waals surface area contributed by atoms with Gasteiger partial charge in [0.2, 0.25) is 0 Å². The lowest BCUT2D eigenvalue weighted by atomic mass is 9.89. The van der Waals surface area contributed by atoms with E-state index in [0.29, 0.717) is 13.0 Å². The molecule has 0 spiro atoms. The normalized spacial score (nSPS) is 15.0. The van der Waals surface area contributed by atoms with Gasteiger partial charge < -0.3 is 14.8 Å². The second-order valence-electron chi connectivity index (χ2n) is 6.63. The van der Waals surface area contributed by atoms with E-state index in [1.54, 1.807) is 6.92 Å². The van der Waals surface area contributed by atoms with Gasteiger partial charge in [0.1, 0.15) is 6.26 Å². The summed E-state index contributed by atoms with van der Waals surface area (Å²) in [6.45, 7) is 3.05. The Bertz CT molecular complexity index is 589. The van der Waals surface area contributed by atoms with Crippen molar-refractivity contribution in [3.05, 3.63) is 42.2 Å². The number of aryl methyl sites for hydroxylation is 1. The van der Waals surface area contributed by atoms with E-state index in [-0.39, 0.29) is 12.4 Å². The maximum atomic E-state index is 11.7. The quantitative estimate of drug-likeness (QED) is 0.406. The molecule has 0 unspecified atom stereocenters. The van der Waals surface area contributed by atoms with Crippen LogP contribution < -0.4 is 5.32 Å². The molecule has 0 saturated heterocycles. The molecule has 0 amide bonds. The van der Waals surface area contributed by atoms with Crippen molar-refractivity contribution >= 4 is 17.6 Å². The fourth-order valence-electron chi connectivity index (χ4n) is 3.10. The predicted octanol–water partition coefficient (Wildman–Crippen LogP) is 4.23. The van der Waals surface area contributed by atoms with Crippen molar-refractivity contribution in [3.63, 3.8) is 0 Å². The van der Waals surface area contributed by atoms with E-state index in [1.807, 2.05) is 12.1 Å². The van der Waals surface area contributed by atoms with Crippen LogP contribution in [0.25, 0.3) is 0 Å². The minimum atomic E-state index is -0.517. The molecule has 1 aromatic rings. The Morgan fingerprint density at radius 1 is 1.15 bits per heavy atom. The first-order valence-electron chi connectivity index (χ1n) is 9.53. The lowest BCUT2D eigenvalue weighted by Gasteiger charge is -2.22. The van der Waals surface area contributed by atoms with Gasteiger partial charge in [0.15, 0.2) is 0 Å². The van der Waals surface area contributed by atoms with Crippen molar-refractivity contribution in [1.29, 1.82) is 0 Å². The first-order valence-corrected chi connectivity index (χ1v) is 9.53. The highest BCUT2D eigenvalue weighted by atomic mass is 16.5. The monoisotopic (exact) mass is 359 g/mol. The highest BCUT2D eigenvalue weighted by molar-refractivity contribution is 5.82. The van der Waals surface area contributed by atoms with E-state index in [0.717, 1.165) is 36.1 Å². The van der Waals surface area contributed by atoms with Crippen LogP contribution in [0.1, 0.15) is 51.0 Å². The van der Waals surface area contributed by atoms with Gasteiger partial charge in [-0.2, -0.15) is 0 Å². The van der Waals surface area contributed by atoms with Crippen LogP contribution in [-0.2, 0) is 25.5 Å². The lowest BCUT2D eigenvalue weighted by molar-refractivity contribution is -0.138. The average Bonchev–Trinajstić information content (AvgIpc) is 2.66. The number of nitrogens with one attached hydrogen (secondary N) is 1. The van der Waals surface area contributed by atoms with Crippen LogP contribution in [0.2, 0.25) is 0 Å². The molecule has 1 fully saturated rings. The van der Waals surface area contributed by atoms with Crippen LogP contribution in [-0.4, -0.2) is 25.1 Å². The molecule has 2 rings (SSSR count). The van der Waals surface area contributed by atoms with Crippen molar-refractivity contribution in [1.82, 2.24) is 0 Å². The van der Waals surface area contributed by atoms with Gasteiger partial charge in [-0.3, -0.25) is 4.79 Å². The first-order chi connectivity index (χ1) is 12.7. The van der Waals surface area contributed by atoms with E-state index in [1.165, 1.54) is 32.1 Å². The summed E-state index contributed by atoms with van der Waals surface area (Å²) in [4.78, 5) is 22.7. The SMILES string of the molecule is CCOC(=O)C=COC(=O)CCc1ccc(NCC2CCCCC2)cc1. The zero-order valence-electron chi connectivity index (χ0n) is 15.5. The largest absolute Gasteiger partial charge is 0.463 e. The Kier molecular flexibility index (Phi) is 8.73. The minimum Gasteiger partial charge on any atom is -0.463 e. The molecule has 1 saturated carbocycles. The molecule has 0 aromatic heterocycles. The van der Waals surface area contributed by atoms with Gasteiger partial charge >= 0.3 is 11.9 Å². The molecule has 0 atom stereocenters. The lowest BCUT2D eigenvalue weighted by Crippen LogP contribution is -2.17. The summed E-state index contributed by atoms with van der Waals surface area (Å²) in [5.74, 6) is -0.0949. The number of hydrogen-bond acceptors (Lipinski definition) is 5. The molecule has 5 heteroatoms. The van der Waals surface area contributed by atoms with Gasteiger partial charge in [0.05, 0.1) is 12.7 Å². The van der Waals surface area contributed by atoms with Gasteiger partial charge in [0, 0.05) is 18.7 Å². The molecule has 142 valence electrons. The molecule has 1 aliphatic rings. The Balaban J connectivity index is 1.66. The first kappa shape index (κ1) is 20.0. The molecular weight excluding hydrogens is 330 g/mol. The van der Waals surface area contributed by atoms with Crippen molar-refractivity contribution in [2.45, 2.75) is 51.9 Å². The van der Waals surface area contributed by atoms with Crippen LogP contribution in [0, 0.1) is 5.92 Å². The predicted molar refractivity (Wildman–Crippen MR) is 102 cm³/mol. The molecule has 26 heavy (non-hydrogen) atoms. The van der Waals surface area contributed by atoms with Gasteiger partial charge in [-0.25, -0.2) is 4.79 Å². The molecule has 1 N–H and O–H groups in total. The topological polar surface area (TPSA) is 64.6 Å². The number of anilines is 1. The minimum absolute atomic E-state index is 0.266. The third-order valence-corrected chi connectivity index (χ3v) is 4.58. The second kappa shape index (κ2) is 11.3. The summed E-state index contributed by atoms with van der Waals surface area (Å²) < 4.78 is 9.58. The maximum Gasteiger partial charge on any atom is 0.333 e. The van der Waals surface area contributed by atoms with Crippen molar-refractivity contribution in [2.24, 2.45) is 5.92 Å². The van der Waals surface area contributed by atoms with Crippen LogP contribution in [0.3, 0.4) is 0 Å². The van der Waals surface area contributed by atoms with E-state index in [9.17, 15) is 9.59 Å². The van der Waals surface area contributed by atoms with Gasteiger partial charge in [0.25, 0.3) is 0 Å². The highest BCUT2D eigenvalue weighted by Gasteiger charge is 2.12. The Labute approximate surface area is 155 Å². The molecule has 0 heterocycles. The smallest absolute Gasteiger partial charge is 0.333 e. The standard InChI is InChI=1S/C21H29NO4/c1-2-25-21(24)14-15-26-20(23)13-10-17-8-11-19(12-9-17)22-16-18-6-4-3-5-7-18/h8-9,11-12,14-15,18,22H,2-7,10,13,16H2,1H3. The molecular formula is C21H29NO4. The fourth-order valence-corrected chi connectivity index (χ4v) is 3.10. The summed E-state index contributed by atoms with van der Waals surface area (Å²) >= 11 is 0. The summed E-state index contributed by atoms with van der Waals surface area (Å²) in [6.07, 6.45) is 9.82. The van der Waals surface area contributed by atoms with E-state index in [4.69, 9.17) is 9.47 Å². The molecule has 0 aliphatic heterocycles. The number of rotatable bonds is 9. The van der Waals surface area contributed by atoms with Gasteiger partial charge in [-0.15, -0.1) is 0 Å². The number of carbonyl (C=O) groups is 2. The van der Waals surface area contributed by atoms with Crippen LogP contribution in [0.15, 0.2) is 36.6 Å².